The van der Waals surface area contributed by atoms with Crippen LogP contribution < -0.4 is 10.5 Å². The minimum Gasteiger partial charge on any atom is -0.493 e. The Kier molecular flexibility index (Phi) is 3.65. The Morgan fingerprint density at radius 1 is 1.47 bits per heavy atom. The van der Waals surface area contributed by atoms with E-state index in [0.717, 1.165) is 36.2 Å². The molecule has 1 unspecified atom stereocenters. The maximum absolute atomic E-state index is 5.74. The van der Waals surface area contributed by atoms with Crippen molar-refractivity contribution in [2.45, 2.75) is 25.2 Å². The third-order valence-corrected chi connectivity index (χ3v) is 3.38. The van der Waals surface area contributed by atoms with E-state index in [1.807, 2.05) is 0 Å². The third-order valence-electron chi connectivity index (χ3n) is 2.89. The van der Waals surface area contributed by atoms with Crippen molar-refractivity contribution >= 4 is 15.9 Å². The van der Waals surface area contributed by atoms with Gasteiger partial charge in [-0.1, -0.05) is 22.0 Å². The Hall–Kier alpha value is -0.540. The first-order valence-electron chi connectivity index (χ1n) is 5.43. The highest BCUT2D eigenvalue weighted by atomic mass is 79.9. The minimum atomic E-state index is 0.570. The van der Waals surface area contributed by atoms with Gasteiger partial charge in [0.1, 0.15) is 5.75 Å². The summed E-state index contributed by atoms with van der Waals surface area (Å²) in [5, 5.41) is 0. The molecule has 1 aliphatic heterocycles. The fourth-order valence-corrected chi connectivity index (χ4v) is 2.48. The lowest BCUT2D eigenvalue weighted by atomic mass is 9.91. The molecule has 0 bridgehead atoms. The van der Waals surface area contributed by atoms with Crippen molar-refractivity contribution in [3.8, 4) is 5.75 Å². The van der Waals surface area contributed by atoms with Gasteiger partial charge in [0, 0.05) is 4.47 Å². The number of nitrogens with two attached hydrogens (primary N) is 1. The maximum Gasteiger partial charge on any atom is 0.123 e. The van der Waals surface area contributed by atoms with Gasteiger partial charge in [-0.3, -0.25) is 0 Å². The van der Waals surface area contributed by atoms with Crippen molar-refractivity contribution in [1.82, 2.24) is 0 Å². The molecule has 0 saturated carbocycles. The maximum atomic E-state index is 5.74. The van der Waals surface area contributed by atoms with Crippen molar-refractivity contribution in [2.24, 2.45) is 5.73 Å². The van der Waals surface area contributed by atoms with E-state index in [4.69, 9.17) is 10.5 Å². The molecule has 2 rings (SSSR count). The summed E-state index contributed by atoms with van der Waals surface area (Å²) in [6.45, 7) is 1.57. The molecule has 2 N–H and O–H groups in total. The predicted molar refractivity (Wildman–Crippen MR) is 65.3 cm³/mol. The van der Waals surface area contributed by atoms with E-state index < -0.39 is 0 Å². The van der Waals surface area contributed by atoms with Gasteiger partial charge in [0.15, 0.2) is 0 Å². The van der Waals surface area contributed by atoms with Crippen LogP contribution in [-0.2, 0) is 0 Å². The van der Waals surface area contributed by atoms with Crippen molar-refractivity contribution in [3.05, 3.63) is 28.2 Å². The van der Waals surface area contributed by atoms with Crippen LogP contribution >= 0.6 is 15.9 Å². The van der Waals surface area contributed by atoms with Gasteiger partial charge in [0.2, 0.25) is 0 Å². The van der Waals surface area contributed by atoms with Crippen molar-refractivity contribution in [3.63, 3.8) is 0 Å². The van der Waals surface area contributed by atoms with Crippen molar-refractivity contribution in [2.75, 3.05) is 13.2 Å². The lowest BCUT2D eigenvalue weighted by Crippen LogP contribution is -2.07. The van der Waals surface area contributed by atoms with E-state index in [9.17, 15) is 0 Å². The van der Waals surface area contributed by atoms with Gasteiger partial charge in [-0.15, -0.1) is 0 Å². The van der Waals surface area contributed by atoms with Crippen LogP contribution in [0, 0.1) is 0 Å². The molecule has 0 radical (unpaired) electrons. The standard InChI is InChI=1S/C12H16BrNO/c13-10-3-4-11-9(5-6-14)2-1-7-15-12(11)8-10/h3-4,8-9H,1-2,5-7,14H2. The van der Waals surface area contributed by atoms with Crippen LogP contribution in [0.15, 0.2) is 22.7 Å². The van der Waals surface area contributed by atoms with Gasteiger partial charge >= 0.3 is 0 Å². The smallest absolute Gasteiger partial charge is 0.123 e. The molecule has 0 spiro atoms. The summed E-state index contributed by atoms with van der Waals surface area (Å²) < 4.78 is 6.81. The first-order chi connectivity index (χ1) is 7.31. The summed E-state index contributed by atoms with van der Waals surface area (Å²) in [4.78, 5) is 0. The highest BCUT2D eigenvalue weighted by Crippen LogP contribution is 2.36. The number of benzene rings is 1. The highest BCUT2D eigenvalue weighted by Gasteiger charge is 2.18. The number of fused-ring (bicyclic) bond motifs is 1. The molecular formula is C12H16BrNO. The number of hydrogen-bond acceptors (Lipinski definition) is 2. The molecule has 2 nitrogen and oxygen atoms in total. The zero-order valence-electron chi connectivity index (χ0n) is 8.71. The second-order valence-electron chi connectivity index (χ2n) is 3.95. The fourth-order valence-electron chi connectivity index (χ4n) is 2.14. The van der Waals surface area contributed by atoms with Gasteiger partial charge in [-0.05, 0) is 49.4 Å². The van der Waals surface area contributed by atoms with Crippen LogP contribution in [0.5, 0.6) is 5.75 Å². The Labute approximate surface area is 98.9 Å². The summed E-state index contributed by atoms with van der Waals surface area (Å²) in [5.41, 5.74) is 6.97. The molecule has 82 valence electrons. The average Bonchev–Trinajstić information content (AvgIpc) is 2.41. The van der Waals surface area contributed by atoms with Gasteiger partial charge in [0.25, 0.3) is 0 Å². The molecule has 0 amide bonds. The zero-order chi connectivity index (χ0) is 10.7. The predicted octanol–water partition coefficient (Wildman–Crippen LogP) is 3.05. The first-order valence-corrected chi connectivity index (χ1v) is 6.23. The molecule has 3 heteroatoms. The average molecular weight is 270 g/mol. The lowest BCUT2D eigenvalue weighted by molar-refractivity contribution is 0.315. The van der Waals surface area contributed by atoms with Crippen LogP contribution in [0.1, 0.15) is 30.7 Å². The SMILES string of the molecule is NCCC1CCCOc2cc(Br)ccc21. The van der Waals surface area contributed by atoms with E-state index >= 15 is 0 Å². The molecule has 1 heterocycles. The Bertz CT molecular complexity index is 340. The molecule has 1 atom stereocenters. The molecule has 0 fully saturated rings. The number of hydrogen-bond donors (Lipinski definition) is 1. The molecular weight excluding hydrogens is 254 g/mol. The summed E-state index contributed by atoms with van der Waals surface area (Å²) in [5.74, 6) is 1.60. The molecule has 1 aromatic rings. The number of ether oxygens (including phenoxy) is 1. The fraction of sp³-hybridized carbons (Fsp3) is 0.500. The lowest BCUT2D eigenvalue weighted by Gasteiger charge is -2.15. The zero-order valence-corrected chi connectivity index (χ0v) is 10.3. The summed E-state index contributed by atoms with van der Waals surface area (Å²) in [6, 6.07) is 6.30. The number of rotatable bonds is 2. The summed E-state index contributed by atoms with van der Waals surface area (Å²) in [7, 11) is 0. The van der Waals surface area contributed by atoms with Crippen molar-refractivity contribution < 1.29 is 4.74 Å². The quantitative estimate of drug-likeness (QED) is 0.896. The second-order valence-corrected chi connectivity index (χ2v) is 4.86. The van der Waals surface area contributed by atoms with E-state index in [1.165, 1.54) is 12.0 Å². The van der Waals surface area contributed by atoms with Crippen LogP contribution in [0.3, 0.4) is 0 Å². The molecule has 0 saturated heterocycles. The van der Waals surface area contributed by atoms with Gasteiger partial charge < -0.3 is 10.5 Å². The van der Waals surface area contributed by atoms with E-state index in [2.05, 4.69) is 34.1 Å². The third kappa shape index (κ3) is 2.52. The largest absolute Gasteiger partial charge is 0.493 e. The van der Waals surface area contributed by atoms with Crippen molar-refractivity contribution in [1.29, 1.82) is 0 Å². The molecule has 0 aliphatic carbocycles. The second kappa shape index (κ2) is 4.99. The minimum absolute atomic E-state index is 0.570. The van der Waals surface area contributed by atoms with Crippen LogP contribution in [0.2, 0.25) is 0 Å². The van der Waals surface area contributed by atoms with E-state index in [0.29, 0.717) is 5.92 Å². The van der Waals surface area contributed by atoms with Gasteiger partial charge in [-0.25, -0.2) is 0 Å². The molecule has 0 aromatic heterocycles. The van der Waals surface area contributed by atoms with Gasteiger partial charge in [0.05, 0.1) is 6.61 Å². The van der Waals surface area contributed by atoms with Crippen LogP contribution in [-0.4, -0.2) is 13.2 Å². The summed E-state index contributed by atoms with van der Waals surface area (Å²) >= 11 is 3.47. The van der Waals surface area contributed by atoms with Gasteiger partial charge in [-0.2, -0.15) is 0 Å². The summed E-state index contributed by atoms with van der Waals surface area (Å²) in [6.07, 6.45) is 3.36. The molecule has 15 heavy (non-hydrogen) atoms. The monoisotopic (exact) mass is 269 g/mol. The Morgan fingerprint density at radius 3 is 3.13 bits per heavy atom. The normalized spacial score (nSPS) is 20.3. The number of halogens is 1. The van der Waals surface area contributed by atoms with Crippen LogP contribution in [0.25, 0.3) is 0 Å². The van der Waals surface area contributed by atoms with Crippen LogP contribution in [0.4, 0.5) is 0 Å². The highest BCUT2D eigenvalue weighted by molar-refractivity contribution is 9.10. The molecule has 1 aliphatic rings. The Balaban J connectivity index is 2.32. The molecule has 1 aromatic carbocycles. The Morgan fingerprint density at radius 2 is 2.33 bits per heavy atom. The first kappa shape index (κ1) is 11.0. The van der Waals surface area contributed by atoms with E-state index in [-0.39, 0.29) is 0 Å². The van der Waals surface area contributed by atoms with E-state index in [1.54, 1.807) is 0 Å². The topological polar surface area (TPSA) is 35.2 Å².